The Bertz CT molecular complexity index is 470. The molecule has 21 heavy (non-hydrogen) atoms. The van der Waals surface area contributed by atoms with Crippen LogP contribution in [0.15, 0.2) is 12.1 Å². The monoisotopic (exact) mass is 305 g/mol. The Morgan fingerprint density at radius 2 is 1.86 bits per heavy atom. The lowest BCUT2D eigenvalue weighted by Gasteiger charge is -2.29. The molecule has 7 heteroatoms. The minimum atomic E-state index is -4.43. The van der Waals surface area contributed by atoms with Gasteiger partial charge in [-0.05, 0) is 39.8 Å². The lowest BCUT2D eigenvalue weighted by molar-refractivity contribution is -0.137. The van der Waals surface area contributed by atoms with Gasteiger partial charge in [0.05, 0.1) is 11.2 Å². The van der Waals surface area contributed by atoms with Crippen molar-refractivity contribution in [3.63, 3.8) is 0 Å². The molecule has 0 aromatic carbocycles. The number of rotatable bonds is 6. The summed E-state index contributed by atoms with van der Waals surface area (Å²) < 4.78 is 38.9. The zero-order valence-electron chi connectivity index (χ0n) is 12.8. The molecule has 4 nitrogen and oxygen atoms in total. The largest absolute Gasteiger partial charge is 0.416 e. The van der Waals surface area contributed by atoms with Gasteiger partial charge in [-0.25, -0.2) is 4.98 Å². The molecule has 0 amide bonds. The van der Waals surface area contributed by atoms with Crippen molar-refractivity contribution in [2.75, 3.05) is 29.9 Å². The van der Waals surface area contributed by atoms with Crippen molar-refractivity contribution in [3.05, 3.63) is 17.7 Å². The van der Waals surface area contributed by atoms with Gasteiger partial charge in [-0.3, -0.25) is 0 Å². The van der Waals surface area contributed by atoms with Crippen LogP contribution >= 0.6 is 0 Å². The van der Waals surface area contributed by atoms with Crippen molar-refractivity contribution in [3.8, 4) is 0 Å². The summed E-state index contributed by atoms with van der Waals surface area (Å²) in [5, 5.41) is 12.7. The van der Waals surface area contributed by atoms with E-state index in [1.165, 1.54) is 0 Å². The highest BCUT2D eigenvalue weighted by Crippen LogP contribution is 2.33. The van der Waals surface area contributed by atoms with E-state index in [1.54, 1.807) is 32.6 Å². The molecular formula is C14H22F3N3O. The highest BCUT2D eigenvalue weighted by atomic mass is 19.4. The Labute approximate surface area is 123 Å². The standard InChI is InChI=1S/C14H22F3N3O/c1-5-18-11-7-10(14(15,16)17)8-12(19-11)20(6-2)9-13(3,4)21/h7-8,21H,5-6,9H2,1-4H3,(H,18,19). The van der Waals surface area contributed by atoms with Crippen molar-refractivity contribution >= 4 is 11.6 Å². The normalized spacial score (nSPS) is 12.4. The second kappa shape index (κ2) is 6.51. The lowest BCUT2D eigenvalue weighted by atomic mass is 10.1. The molecule has 2 N–H and O–H groups in total. The molecule has 1 aromatic heterocycles. The fraction of sp³-hybridized carbons (Fsp3) is 0.643. The zero-order valence-corrected chi connectivity index (χ0v) is 12.8. The molecule has 0 saturated heterocycles. The van der Waals surface area contributed by atoms with E-state index in [2.05, 4.69) is 10.3 Å². The number of hydrogen-bond donors (Lipinski definition) is 2. The SMILES string of the molecule is CCNc1cc(C(F)(F)F)cc(N(CC)CC(C)(C)O)n1. The van der Waals surface area contributed by atoms with E-state index in [9.17, 15) is 18.3 Å². The van der Waals surface area contributed by atoms with Gasteiger partial charge in [0.1, 0.15) is 11.6 Å². The smallest absolute Gasteiger partial charge is 0.389 e. The first-order chi connectivity index (χ1) is 9.56. The molecule has 0 aliphatic carbocycles. The number of nitrogens with zero attached hydrogens (tertiary/aromatic N) is 2. The van der Waals surface area contributed by atoms with Crippen LogP contribution in [0.5, 0.6) is 0 Å². The predicted molar refractivity (Wildman–Crippen MR) is 77.6 cm³/mol. The van der Waals surface area contributed by atoms with Gasteiger partial charge in [0.2, 0.25) is 0 Å². The molecule has 0 atom stereocenters. The zero-order chi connectivity index (χ0) is 16.3. The molecule has 1 rings (SSSR count). The Morgan fingerprint density at radius 1 is 1.24 bits per heavy atom. The molecule has 0 aliphatic heterocycles. The average molecular weight is 305 g/mol. The molecule has 1 aromatic rings. The molecule has 0 bridgehead atoms. The maximum atomic E-state index is 13.0. The first-order valence-electron chi connectivity index (χ1n) is 6.87. The Hall–Kier alpha value is -1.50. The first-order valence-corrected chi connectivity index (χ1v) is 6.87. The van der Waals surface area contributed by atoms with E-state index in [-0.39, 0.29) is 18.2 Å². The van der Waals surface area contributed by atoms with Crippen molar-refractivity contribution in [1.29, 1.82) is 0 Å². The van der Waals surface area contributed by atoms with E-state index >= 15 is 0 Å². The van der Waals surface area contributed by atoms with E-state index in [0.29, 0.717) is 13.1 Å². The summed E-state index contributed by atoms with van der Waals surface area (Å²) in [4.78, 5) is 5.82. The fourth-order valence-electron chi connectivity index (χ4n) is 1.94. The molecular weight excluding hydrogens is 283 g/mol. The topological polar surface area (TPSA) is 48.4 Å². The maximum absolute atomic E-state index is 13.0. The van der Waals surface area contributed by atoms with Crippen LogP contribution in [0.1, 0.15) is 33.3 Å². The summed E-state index contributed by atoms with van der Waals surface area (Å²) >= 11 is 0. The average Bonchev–Trinajstić information content (AvgIpc) is 2.34. The molecule has 0 radical (unpaired) electrons. The molecule has 120 valence electrons. The Morgan fingerprint density at radius 3 is 2.29 bits per heavy atom. The van der Waals surface area contributed by atoms with Gasteiger partial charge in [0.25, 0.3) is 0 Å². The van der Waals surface area contributed by atoms with Crippen LogP contribution < -0.4 is 10.2 Å². The highest BCUT2D eigenvalue weighted by Gasteiger charge is 2.32. The van der Waals surface area contributed by atoms with Crippen LogP contribution in [0.4, 0.5) is 24.8 Å². The minimum absolute atomic E-state index is 0.177. The van der Waals surface area contributed by atoms with E-state index in [0.717, 1.165) is 12.1 Å². The van der Waals surface area contributed by atoms with Crippen LogP contribution in [0.2, 0.25) is 0 Å². The van der Waals surface area contributed by atoms with E-state index in [4.69, 9.17) is 0 Å². The van der Waals surface area contributed by atoms with Crippen molar-refractivity contribution in [1.82, 2.24) is 4.98 Å². The molecule has 0 unspecified atom stereocenters. The molecule has 0 aliphatic rings. The lowest BCUT2D eigenvalue weighted by Crippen LogP contribution is -2.39. The van der Waals surface area contributed by atoms with Crippen molar-refractivity contribution < 1.29 is 18.3 Å². The Balaban J connectivity index is 3.23. The number of alkyl halides is 3. The third kappa shape index (κ3) is 5.41. The van der Waals surface area contributed by atoms with E-state index in [1.807, 2.05) is 0 Å². The first kappa shape index (κ1) is 17.6. The summed E-state index contributed by atoms with van der Waals surface area (Å²) in [6.45, 7) is 7.93. The molecule has 0 spiro atoms. The second-order valence-corrected chi connectivity index (χ2v) is 5.45. The van der Waals surface area contributed by atoms with Gasteiger partial charge >= 0.3 is 6.18 Å². The maximum Gasteiger partial charge on any atom is 0.416 e. The summed E-state index contributed by atoms with van der Waals surface area (Å²) in [5.41, 5.74) is -1.78. The van der Waals surface area contributed by atoms with E-state index < -0.39 is 17.3 Å². The summed E-state index contributed by atoms with van der Waals surface area (Å²) in [6.07, 6.45) is -4.43. The number of aliphatic hydroxyl groups is 1. The van der Waals surface area contributed by atoms with Crippen LogP contribution in [0.25, 0.3) is 0 Å². The molecule has 1 heterocycles. The van der Waals surface area contributed by atoms with Crippen molar-refractivity contribution in [2.24, 2.45) is 0 Å². The fourth-order valence-corrected chi connectivity index (χ4v) is 1.94. The van der Waals surface area contributed by atoms with Crippen molar-refractivity contribution in [2.45, 2.75) is 39.5 Å². The minimum Gasteiger partial charge on any atom is -0.389 e. The number of anilines is 2. The van der Waals surface area contributed by atoms with Gasteiger partial charge in [-0.2, -0.15) is 13.2 Å². The predicted octanol–water partition coefficient (Wildman–Crippen LogP) is 3.13. The van der Waals surface area contributed by atoms with Gasteiger partial charge in [-0.15, -0.1) is 0 Å². The summed E-state index contributed by atoms with van der Waals surface area (Å²) in [6, 6.07) is 2.00. The molecule has 0 saturated carbocycles. The van der Waals surface area contributed by atoms with Gasteiger partial charge in [-0.1, -0.05) is 0 Å². The number of halogens is 3. The highest BCUT2D eigenvalue weighted by molar-refractivity contribution is 5.51. The summed E-state index contributed by atoms with van der Waals surface area (Å²) in [7, 11) is 0. The second-order valence-electron chi connectivity index (χ2n) is 5.45. The van der Waals surface area contributed by atoms with Crippen LogP contribution in [-0.4, -0.2) is 35.3 Å². The quantitative estimate of drug-likeness (QED) is 0.848. The van der Waals surface area contributed by atoms with Gasteiger partial charge in [0.15, 0.2) is 0 Å². The third-order valence-electron chi connectivity index (χ3n) is 2.78. The number of hydrogen-bond acceptors (Lipinski definition) is 4. The number of pyridine rings is 1. The van der Waals surface area contributed by atoms with Gasteiger partial charge < -0.3 is 15.3 Å². The van der Waals surface area contributed by atoms with Gasteiger partial charge in [0, 0.05) is 19.6 Å². The Kier molecular flexibility index (Phi) is 5.44. The summed E-state index contributed by atoms with van der Waals surface area (Å²) in [5.74, 6) is 0.377. The van der Waals surface area contributed by atoms with Crippen LogP contribution in [-0.2, 0) is 6.18 Å². The third-order valence-corrected chi connectivity index (χ3v) is 2.78. The van der Waals surface area contributed by atoms with Crippen LogP contribution in [0.3, 0.4) is 0 Å². The number of nitrogens with one attached hydrogen (secondary N) is 1. The molecule has 0 fully saturated rings. The number of aromatic nitrogens is 1. The van der Waals surface area contributed by atoms with Crippen LogP contribution in [0, 0.1) is 0 Å². The number of likely N-dealkylation sites (N-methyl/N-ethyl adjacent to an activating group) is 1.